The van der Waals surface area contributed by atoms with Crippen LogP contribution in [0.4, 0.5) is 5.69 Å². The highest BCUT2D eigenvalue weighted by molar-refractivity contribution is 7.12. The van der Waals surface area contributed by atoms with Crippen LogP contribution in [-0.4, -0.2) is 79.0 Å². The summed E-state index contributed by atoms with van der Waals surface area (Å²) < 4.78 is 15.5. The predicted molar refractivity (Wildman–Crippen MR) is 118 cm³/mol. The average molecular weight is 477 g/mol. The molecule has 1 fully saturated rings. The molecule has 12 heteroatoms. The van der Waals surface area contributed by atoms with Crippen molar-refractivity contribution in [3.8, 4) is 11.5 Å². The number of rotatable bonds is 8. The molecular formula is C21H23N3O8S. The second kappa shape index (κ2) is 10.8. The first-order valence-corrected chi connectivity index (χ1v) is 11.0. The molecule has 0 atom stereocenters. The summed E-state index contributed by atoms with van der Waals surface area (Å²) in [6, 6.07) is 5.80. The van der Waals surface area contributed by atoms with Crippen molar-refractivity contribution in [2.24, 2.45) is 0 Å². The fourth-order valence-electron chi connectivity index (χ4n) is 3.30. The van der Waals surface area contributed by atoms with Crippen LogP contribution >= 0.6 is 11.3 Å². The van der Waals surface area contributed by atoms with Crippen molar-refractivity contribution in [3.63, 3.8) is 0 Å². The van der Waals surface area contributed by atoms with E-state index in [0.717, 1.165) is 12.1 Å². The number of thiophene rings is 1. The Morgan fingerprint density at radius 3 is 2.39 bits per heavy atom. The van der Waals surface area contributed by atoms with E-state index in [2.05, 4.69) is 0 Å². The molecule has 3 rings (SSSR count). The van der Waals surface area contributed by atoms with Gasteiger partial charge in [0.05, 0.1) is 29.6 Å². The molecule has 1 aliphatic heterocycles. The maximum Gasteiger partial charge on any atom is 0.345 e. The molecular weight excluding hydrogens is 454 g/mol. The van der Waals surface area contributed by atoms with Crippen molar-refractivity contribution in [2.75, 3.05) is 46.5 Å². The average Bonchev–Trinajstić information content (AvgIpc) is 3.37. The van der Waals surface area contributed by atoms with Gasteiger partial charge in [0.2, 0.25) is 0 Å². The monoisotopic (exact) mass is 477 g/mol. The third kappa shape index (κ3) is 5.58. The van der Waals surface area contributed by atoms with E-state index in [9.17, 15) is 24.5 Å². The van der Waals surface area contributed by atoms with Crippen LogP contribution in [0.2, 0.25) is 0 Å². The number of nitrogens with zero attached hydrogens (tertiary/aromatic N) is 3. The molecule has 0 bridgehead atoms. The zero-order chi connectivity index (χ0) is 24.0. The van der Waals surface area contributed by atoms with E-state index in [1.54, 1.807) is 24.0 Å². The van der Waals surface area contributed by atoms with Gasteiger partial charge in [0, 0.05) is 32.2 Å². The largest absolute Gasteiger partial charge is 0.493 e. The van der Waals surface area contributed by atoms with Crippen molar-refractivity contribution in [3.05, 3.63) is 50.2 Å². The number of amides is 2. The summed E-state index contributed by atoms with van der Waals surface area (Å²) in [6.07, 6.45) is 0. The standard InChI is InChI=1S/C21H23N3O8S/c1-3-31-17-12-15(24(28)29)14(11-16(17)30-2)21(27)32-13-19(25)22-6-8-23(9-7-22)20(26)18-5-4-10-33-18/h4-5,10-12H,3,6-9,13H2,1-2H3. The normalized spacial score (nSPS) is 13.4. The van der Waals surface area contributed by atoms with Crippen molar-refractivity contribution in [2.45, 2.75) is 6.92 Å². The van der Waals surface area contributed by atoms with Gasteiger partial charge >= 0.3 is 5.97 Å². The Labute approximate surface area is 193 Å². The van der Waals surface area contributed by atoms with Crippen LogP contribution in [0.15, 0.2) is 29.6 Å². The number of hydrogen-bond acceptors (Lipinski definition) is 9. The zero-order valence-corrected chi connectivity index (χ0v) is 19.0. The molecule has 1 aromatic heterocycles. The Morgan fingerprint density at radius 2 is 1.82 bits per heavy atom. The van der Waals surface area contributed by atoms with E-state index < -0.39 is 29.1 Å². The van der Waals surface area contributed by atoms with Crippen LogP contribution in [0.3, 0.4) is 0 Å². The molecule has 0 unspecified atom stereocenters. The SMILES string of the molecule is CCOc1cc([N+](=O)[O-])c(C(=O)OCC(=O)N2CCN(C(=O)c3cccs3)CC2)cc1OC. The summed E-state index contributed by atoms with van der Waals surface area (Å²) in [5, 5.41) is 13.3. The summed E-state index contributed by atoms with van der Waals surface area (Å²) in [4.78, 5) is 51.9. The lowest BCUT2D eigenvalue weighted by atomic mass is 10.1. The van der Waals surface area contributed by atoms with E-state index in [0.29, 0.717) is 31.1 Å². The molecule has 1 aromatic carbocycles. The molecule has 0 spiro atoms. The second-order valence-corrected chi connectivity index (χ2v) is 7.88. The number of carbonyl (C=O) groups is 3. The van der Waals surface area contributed by atoms with E-state index in [1.807, 2.05) is 5.38 Å². The maximum atomic E-state index is 12.5. The van der Waals surface area contributed by atoms with Crippen LogP contribution in [0, 0.1) is 10.1 Å². The summed E-state index contributed by atoms with van der Waals surface area (Å²) in [6.45, 7) is 2.68. The minimum atomic E-state index is -1.03. The summed E-state index contributed by atoms with van der Waals surface area (Å²) in [5.41, 5.74) is -0.864. The van der Waals surface area contributed by atoms with Gasteiger partial charge in [-0.05, 0) is 18.4 Å². The maximum absolute atomic E-state index is 12.5. The lowest BCUT2D eigenvalue weighted by Gasteiger charge is -2.34. The van der Waals surface area contributed by atoms with Crippen LogP contribution in [-0.2, 0) is 9.53 Å². The Hall–Kier alpha value is -3.67. The Morgan fingerprint density at radius 1 is 1.12 bits per heavy atom. The molecule has 0 N–H and O–H groups in total. The number of hydrogen-bond donors (Lipinski definition) is 0. The number of nitro groups is 1. The smallest absolute Gasteiger partial charge is 0.345 e. The molecule has 1 aliphatic rings. The van der Waals surface area contributed by atoms with Gasteiger partial charge in [-0.15, -0.1) is 11.3 Å². The highest BCUT2D eigenvalue weighted by atomic mass is 32.1. The predicted octanol–water partition coefficient (Wildman–Crippen LogP) is 2.21. The van der Waals surface area contributed by atoms with Gasteiger partial charge in [0.15, 0.2) is 18.1 Å². The Kier molecular flexibility index (Phi) is 7.83. The van der Waals surface area contributed by atoms with Crippen LogP contribution < -0.4 is 9.47 Å². The summed E-state index contributed by atoms with van der Waals surface area (Å²) >= 11 is 1.36. The first-order valence-electron chi connectivity index (χ1n) is 10.1. The molecule has 1 saturated heterocycles. The number of carbonyl (C=O) groups excluding carboxylic acids is 3. The highest BCUT2D eigenvalue weighted by Crippen LogP contribution is 2.35. The molecule has 11 nitrogen and oxygen atoms in total. The Balaban J connectivity index is 1.60. The van der Waals surface area contributed by atoms with Crippen LogP contribution in [0.1, 0.15) is 27.0 Å². The van der Waals surface area contributed by atoms with E-state index in [4.69, 9.17) is 14.2 Å². The molecule has 0 radical (unpaired) electrons. The first kappa shape index (κ1) is 24.0. The van der Waals surface area contributed by atoms with Crippen LogP contribution in [0.5, 0.6) is 11.5 Å². The minimum absolute atomic E-state index is 0.0831. The molecule has 0 aliphatic carbocycles. The second-order valence-electron chi connectivity index (χ2n) is 6.94. The third-order valence-electron chi connectivity index (χ3n) is 4.98. The van der Waals surface area contributed by atoms with Crippen molar-refractivity contribution < 1.29 is 33.5 Å². The molecule has 176 valence electrons. The quantitative estimate of drug-likeness (QED) is 0.322. The van der Waals surface area contributed by atoms with Crippen molar-refractivity contribution in [1.82, 2.24) is 9.80 Å². The van der Waals surface area contributed by atoms with E-state index in [1.165, 1.54) is 23.3 Å². The first-order chi connectivity index (χ1) is 15.8. The molecule has 2 heterocycles. The molecule has 33 heavy (non-hydrogen) atoms. The number of methoxy groups -OCH3 is 1. The van der Waals surface area contributed by atoms with E-state index in [-0.39, 0.29) is 29.6 Å². The van der Waals surface area contributed by atoms with Crippen molar-refractivity contribution in [1.29, 1.82) is 0 Å². The van der Waals surface area contributed by atoms with Gasteiger partial charge in [0.1, 0.15) is 5.56 Å². The molecule has 2 amide bonds. The van der Waals surface area contributed by atoms with Crippen LogP contribution in [0.25, 0.3) is 0 Å². The summed E-state index contributed by atoms with van der Waals surface area (Å²) in [7, 11) is 1.34. The number of esters is 1. The van der Waals surface area contributed by atoms with Gasteiger partial charge in [-0.3, -0.25) is 19.7 Å². The summed E-state index contributed by atoms with van der Waals surface area (Å²) in [5.74, 6) is -1.31. The topological polar surface area (TPSA) is 129 Å². The number of piperazine rings is 1. The van der Waals surface area contributed by atoms with Gasteiger partial charge in [-0.2, -0.15) is 0 Å². The fraction of sp³-hybridized carbons (Fsp3) is 0.381. The minimum Gasteiger partial charge on any atom is -0.493 e. The molecule has 2 aromatic rings. The third-order valence-corrected chi connectivity index (χ3v) is 5.83. The van der Waals surface area contributed by atoms with E-state index >= 15 is 0 Å². The Bertz CT molecular complexity index is 1030. The zero-order valence-electron chi connectivity index (χ0n) is 18.1. The van der Waals surface area contributed by atoms with Gasteiger partial charge in [-0.1, -0.05) is 6.07 Å². The lowest BCUT2D eigenvalue weighted by Crippen LogP contribution is -2.51. The fourth-order valence-corrected chi connectivity index (χ4v) is 3.99. The highest BCUT2D eigenvalue weighted by Gasteiger charge is 2.29. The van der Waals surface area contributed by atoms with Gasteiger partial charge < -0.3 is 24.0 Å². The van der Waals surface area contributed by atoms with Gasteiger partial charge in [-0.25, -0.2) is 4.79 Å². The molecule has 0 saturated carbocycles. The van der Waals surface area contributed by atoms with Crippen molar-refractivity contribution >= 4 is 34.8 Å². The number of nitro benzene ring substituents is 1. The number of benzene rings is 1. The number of ether oxygens (including phenoxy) is 3. The van der Waals surface area contributed by atoms with Gasteiger partial charge in [0.25, 0.3) is 17.5 Å². The lowest BCUT2D eigenvalue weighted by molar-refractivity contribution is -0.385.